The summed E-state index contributed by atoms with van der Waals surface area (Å²) in [6.07, 6.45) is -3.21. The van der Waals surface area contributed by atoms with Crippen LogP contribution in [-0.4, -0.2) is 5.91 Å². The number of rotatable bonds is 6. The van der Waals surface area contributed by atoms with Gasteiger partial charge in [-0.05, 0) is 79.4 Å². The summed E-state index contributed by atoms with van der Waals surface area (Å²) < 4.78 is 45.7. The summed E-state index contributed by atoms with van der Waals surface area (Å²) in [5.41, 5.74) is 0.253. The van der Waals surface area contributed by atoms with Crippen LogP contribution in [0.5, 0.6) is 5.75 Å². The van der Waals surface area contributed by atoms with Crippen molar-refractivity contribution in [1.29, 1.82) is 5.26 Å². The number of nitriles is 1. The Bertz CT molecular complexity index is 1210. The van der Waals surface area contributed by atoms with Crippen LogP contribution in [0, 0.1) is 11.3 Å². The molecule has 4 nitrogen and oxygen atoms in total. The lowest BCUT2D eigenvalue weighted by molar-refractivity contribution is -0.137. The molecule has 0 aromatic heterocycles. The third kappa shape index (κ3) is 6.70. The molecule has 0 aliphatic carbocycles. The maximum absolute atomic E-state index is 12.9. The van der Waals surface area contributed by atoms with Gasteiger partial charge in [0.25, 0.3) is 5.91 Å². The number of halogens is 5. The van der Waals surface area contributed by atoms with Crippen molar-refractivity contribution in [3.63, 3.8) is 0 Å². The van der Waals surface area contributed by atoms with Gasteiger partial charge in [-0.25, -0.2) is 0 Å². The molecule has 0 spiro atoms. The van der Waals surface area contributed by atoms with E-state index in [0.29, 0.717) is 26.9 Å². The van der Waals surface area contributed by atoms with Crippen molar-refractivity contribution in [1.82, 2.24) is 0 Å². The summed E-state index contributed by atoms with van der Waals surface area (Å²) in [5.74, 6) is -0.281. The predicted octanol–water partition coefficient (Wildman–Crippen LogP) is 7.36. The van der Waals surface area contributed by atoms with Crippen LogP contribution in [0.2, 0.25) is 0 Å². The van der Waals surface area contributed by atoms with Gasteiger partial charge in [0.1, 0.15) is 24.0 Å². The normalized spacial score (nSPS) is 11.6. The first-order chi connectivity index (χ1) is 15.7. The molecule has 3 aromatic carbocycles. The van der Waals surface area contributed by atoms with Crippen LogP contribution >= 0.6 is 31.9 Å². The molecule has 0 heterocycles. The van der Waals surface area contributed by atoms with E-state index in [1.165, 1.54) is 18.2 Å². The molecule has 0 radical (unpaired) electrons. The number of nitrogens with zero attached hydrogens (tertiary/aromatic N) is 1. The first kappa shape index (κ1) is 24.6. The fourth-order valence-electron chi connectivity index (χ4n) is 2.82. The zero-order valence-electron chi connectivity index (χ0n) is 16.8. The number of hydrogen-bond acceptors (Lipinski definition) is 3. The Morgan fingerprint density at radius 3 is 2.30 bits per heavy atom. The van der Waals surface area contributed by atoms with Crippen LogP contribution in [0.1, 0.15) is 16.7 Å². The Morgan fingerprint density at radius 2 is 1.70 bits per heavy atom. The number of anilines is 1. The fraction of sp³-hybridized carbons (Fsp3) is 0.0833. The minimum absolute atomic E-state index is 0.0667. The van der Waals surface area contributed by atoms with Gasteiger partial charge in [-0.3, -0.25) is 4.79 Å². The van der Waals surface area contributed by atoms with Crippen LogP contribution < -0.4 is 10.1 Å². The van der Waals surface area contributed by atoms with Crippen molar-refractivity contribution < 1.29 is 22.7 Å². The van der Waals surface area contributed by atoms with Gasteiger partial charge in [-0.1, -0.05) is 36.4 Å². The van der Waals surface area contributed by atoms with E-state index in [2.05, 4.69) is 37.2 Å². The lowest BCUT2D eigenvalue weighted by atomic mass is 10.1. The highest BCUT2D eigenvalue weighted by Gasteiger charge is 2.30. The quantitative estimate of drug-likeness (QED) is 0.245. The van der Waals surface area contributed by atoms with Crippen molar-refractivity contribution in [3.05, 3.63) is 97.9 Å². The van der Waals surface area contributed by atoms with Crippen molar-refractivity contribution in [3.8, 4) is 11.8 Å². The predicted molar refractivity (Wildman–Crippen MR) is 126 cm³/mol. The Kier molecular flexibility index (Phi) is 7.95. The van der Waals surface area contributed by atoms with E-state index in [1.807, 2.05) is 30.3 Å². The van der Waals surface area contributed by atoms with Crippen LogP contribution in [0.15, 0.2) is 81.2 Å². The number of benzene rings is 3. The SMILES string of the molecule is N#C/C(=C\c1cc(Br)c(OCc2ccccc2)c(Br)c1)C(=O)Nc1cccc(C(F)(F)F)c1. The number of nitrogens with one attached hydrogen (secondary N) is 1. The lowest BCUT2D eigenvalue weighted by Gasteiger charge is -2.12. The van der Waals surface area contributed by atoms with Crippen LogP contribution in [0.4, 0.5) is 18.9 Å². The summed E-state index contributed by atoms with van der Waals surface area (Å²) in [5, 5.41) is 11.7. The molecule has 33 heavy (non-hydrogen) atoms. The zero-order chi connectivity index (χ0) is 24.0. The summed E-state index contributed by atoms with van der Waals surface area (Å²) >= 11 is 6.85. The summed E-state index contributed by atoms with van der Waals surface area (Å²) in [7, 11) is 0. The van der Waals surface area contributed by atoms with E-state index in [1.54, 1.807) is 18.2 Å². The topological polar surface area (TPSA) is 62.1 Å². The van der Waals surface area contributed by atoms with Crippen molar-refractivity contribution in [2.45, 2.75) is 12.8 Å². The molecular formula is C24H15Br2F3N2O2. The van der Waals surface area contributed by atoms with Gasteiger partial charge in [0.2, 0.25) is 0 Å². The van der Waals surface area contributed by atoms with E-state index >= 15 is 0 Å². The highest BCUT2D eigenvalue weighted by molar-refractivity contribution is 9.11. The second kappa shape index (κ2) is 10.7. The molecule has 1 amide bonds. The Hall–Kier alpha value is -3.09. The van der Waals surface area contributed by atoms with Gasteiger partial charge < -0.3 is 10.1 Å². The number of alkyl halides is 3. The van der Waals surface area contributed by atoms with Gasteiger partial charge in [0, 0.05) is 5.69 Å². The molecule has 1 N–H and O–H groups in total. The molecule has 3 aromatic rings. The van der Waals surface area contributed by atoms with E-state index in [4.69, 9.17) is 4.74 Å². The van der Waals surface area contributed by atoms with Gasteiger partial charge in [0.05, 0.1) is 14.5 Å². The second-order valence-corrected chi connectivity index (χ2v) is 8.50. The lowest BCUT2D eigenvalue weighted by Crippen LogP contribution is -2.14. The van der Waals surface area contributed by atoms with Crippen LogP contribution in [0.25, 0.3) is 6.08 Å². The van der Waals surface area contributed by atoms with Gasteiger partial charge >= 0.3 is 6.18 Å². The molecular weight excluding hydrogens is 565 g/mol. The molecule has 0 atom stereocenters. The van der Waals surface area contributed by atoms with Crippen LogP contribution in [-0.2, 0) is 17.6 Å². The van der Waals surface area contributed by atoms with E-state index in [-0.39, 0.29) is 11.3 Å². The first-order valence-electron chi connectivity index (χ1n) is 9.43. The third-order valence-corrected chi connectivity index (χ3v) is 5.55. The maximum atomic E-state index is 12.9. The van der Waals surface area contributed by atoms with Gasteiger partial charge in [-0.2, -0.15) is 18.4 Å². The number of carbonyl (C=O) groups excluding carboxylic acids is 1. The number of ether oxygens (including phenoxy) is 1. The average Bonchev–Trinajstić information content (AvgIpc) is 2.77. The Labute approximate surface area is 204 Å². The first-order valence-corrected chi connectivity index (χ1v) is 11.0. The van der Waals surface area contributed by atoms with Gasteiger partial charge in [-0.15, -0.1) is 0 Å². The largest absolute Gasteiger partial charge is 0.487 e. The Balaban J connectivity index is 1.78. The van der Waals surface area contributed by atoms with Crippen molar-refractivity contribution >= 4 is 49.5 Å². The summed E-state index contributed by atoms with van der Waals surface area (Å²) in [6.45, 7) is 0.343. The Morgan fingerprint density at radius 1 is 1.03 bits per heavy atom. The smallest absolute Gasteiger partial charge is 0.416 e. The minimum atomic E-state index is -4.54. The molecule has 0 bridgehead atoms. The van der Waals surface area contributed by atoms with E-state index in [9.17, 15) is 23.2 Å². The monoisotopic (exact) mass is 578 g/mol. The summed E-state index contributed by atoms with van der Waals surface area (Å²) in [4.78, 5) is 12.5. The van der Waals surface area contributed by atoms with Crippen molar-refractivity contribution in [2.75, 3.05) is 5.32 Å². The zero-order valence-corrected chi connectivity index (χ0v) is 20.0. The average molecular weight is 580 g/mol. The van der Waals surface area contributed by atoms with E-state index in [0.717, 1.165) is 17.7 Å². The molecule has 3 rings (SSSR count). The molecule has 0 saturated carbocycles. The van der Waals surface area contributed by atoms with Gasteiger partial charge in [0.15, 0.2) is 0 Å². The fourth-order valence-corrected chi connectivity index (χ4v) is 4.27. The molecule has 0 unspecified atom stereocenters. The number of amides is 1. The minimum Gasteiger partial charge on any atom is -0.487 e. The maximum Gasteiger partial charge on any atom is 0.416 e. The number of hydrogen-bond donors (Lipinski definition) is 1. The molecule has 0 fully saturated rings. The molecule has 0 saturated heterocycles. The molecule has 9 heteroatoms. The highest BCUT2D eigenvalue weighted by atomic mass is 79.9. The molecule has 0 aliphatic rings. The second-order valence-electron chi connectivity index (χ2n) is 6.79. The van der Waals surface area contributed by atoms with E-state index < -0.39 is 17.6 Å². The number of carbonyl (C=O) groups is 1. The molecule has 0 aliphatic heterocycles. The van der Waals surface area contributed by atoms with Crippen LogP contribution in [0.3, 0.4) is 0 Å². The summed E-state index contributed by atoms with van der Waals surface area (Å²) in [6, 6.07) is 18.9. The van der Waals surface area contributed by atoms with Crippen molar-refractivity contribution in [2.24, 2.45) is 0 Å². The standard InChI is InChI=1S/C24H15Br2F3N2O2/c25-20-10-16(11-21(26)22(20)33-14-15-5-2-1-3-6-15)9-17(13-30)23(32)31-19-8-4-7-18(12-19)24(27,28)29/h1-12H,14H2,(H,31,32)/b17-9+. The highest BCUT2D eigenvalue weighted by Crippen LogP contribution is 2.36. The molecule has 168 valence electrons. The third-order valence-electron chi connectivity index (χ3n) is 4.37.